The monoisotopic (exact) mass is 402 g/mol. The van der Waals surface area contributed by atoms with Crippen LogP contribution in [0.1, 0.15) is 19.3 Å². The summed E-state index contributed by atoms with van der Waals surface area (Å²) >= 11 is 12.0. The van der Waals surface area contributed by atoms with E-state index in [0.717, 1.165) is 6.42 Å². The average molecular weight is 403 g/mol. The molecule has 1 aromatic carbocycles. The summed E-state index contributed by atoms with van der Waals surface area (Å²) in [7, 11) is -2.21. The molecular formula is C17H20Cl2N2O3S. The number of amides is 1. The van der Waals surface area contributed by atoms with Crippen molar-refractivity contribution in [2.24, 2.45) is 5.92 Å². The van der Waals surface area contributed by atoms with Crippen LogP contribution in [0.3, 0.4) is 0 Å². The van der Waals surface area contributed by atoms with Crippen LogP contribution in [0.5, 0.6) is 0 Å². The lowest BCUT2D eigenvalue weighted by atomic mass is 9.90. The first-order chi connectivity index (χ1) is 11.8. The molecule has 0 saturated carbocycles. The summed E-state index contributed by atoms with van der Waals surface area (Å²) < 4.78 is 28.1. The normalized spacial score (nSPS) is 27.9. The Labute approximate surface area is 158 Å². The molecule has 1 aromatic rings. The molecule has 3 atom stereocenters. The fraction of sp³-hybridized carbons (Fsp3) is 0.471. The first-order valence-corrected chi connectivity index (χ1v) is 10.3. The minimum Gasteiger partial charge on any atom is -0.344 e. The van der Waals surface area contributed by atoms with E-state index in [-0.39, 0.29) is 32.8 Å². The lowest BCUT2D eigenvalue weighted by Crippen LogP contribution is -2.54. The summed E-state index contributed by atoms with van der Waals surface area (Å²) in [6.07, 6.45) is 3.76. The van der Waals surface area contributed by atoms with Crippen LogP contribution >= 0.6 is 23.2 Å². The van der Waals surface area contributed by atoms with Gasteiger partial charge in [-0.2, -0.15) is 4.31 Å². The highest BCUT2D eigenvalue weighted by molar-refractivity contribution is 7.89. The highest BCUT2D eigenvalue weighted by atomic mass is 35.5. The average Bonchev–Trinajstić information content (AvgIpc) is 2.62. The van der Waals surface area contributed by atoms with E-state index >= 15 is 0 Å². The fourth-order valence-corrected chi connectivity index (χ4v) is 6.40. The third-order valence-electron chi connectivity index (χ3n) is 4.97. The zero-order chi connectivity index (χ0) is 18.4. The molecule has 2 heterocycles. The maximum absolute atomic E-state index is 13.4. The molecule has 5 nitrogen and oxygen atoms in total. The summed E-state index contributed by atoms with van der Waals surface area (Å²) in [5.41, 5.74) is 0. The van der Waals surface area contributed by atoms with Gasteiger partial charge in [0.15, 0.2) is 0 Å². The molecule has 2 aliphatic heterocycles. The SMILES string of the molecule is C=C[C@H]1CN(C)C(=O)[C@@H]2CCC[C@H]1N2S(=O)(=O)c1cc(Cl)cc(Cl)c1. The van der Waals surface area contributed by atoms with Crippen LogP contribution in [0, 0.1) is 5.92 Å². The smallest absolute Gasteiger partial charge is 0.244 e. The molecule has 0 radical (unpaired) electrons. The number of fused-ring (bicyclic) bond motifs is 2. The molecule has 2 saturated heterocycles. The van der Waals surface area contributed by atoms with Crippen molar-refractivity contribution in [3.63, 3.8) is 0 Å². The maximum atomic E-state index is 13.4. The number of rotatable bonds is 3. The van der Waals surface area contributed by atoms with Crippen molar-refractivity contribution < 1.29 is 13.2 Å². The Balaban J connectivity index is 2.14. The number of halogens is 2. The molecule has 3 rings (SSSR count). The van der Waals surface area contributed by atoms with Gasteiger partial charge in [0.25, 0.3) is 0 Å². The Hall–Kier alpha value is -1.08. The van der Waals surface area contributed by atoms with Crippen LogP contribution < -0.4 is 0 Å². The van der Waals surface area contributed by atoms with Gasteiger partial charge in [0.2, 0.25) is 15.9 Å². The largest absolute Gasteiger partial charge is 0.344 e. The minimum absolute atomic E-state index is 0.0158. The number of piperidine rings is 1. The zero-order valence-electron chi connectivity index (χ0n) is 13.9. The predicted molar refractivity (Wildman–Crippen MR) is 98.2 cm³/mol. The number of carbonyl (C=O) groups is 1. The van der Waals surface area contributed by atoms with Gasteiger partial charge in [-0.15, -0.1) is 6.58 Å². The highest BCUT2D eigenvalue weighted by Crippen LogP contribution is 2.38. The first kappa shape index (κ1) is 18.7. The molecule has 1 amide bonds. The van der Waals surface area contributed by atoms with Crippen molar-refractivity contribution in [3.8, 4) is 0 Å². The van der Waals surface area contributed by atoms with E-state index in [2.05, 4.69) is 6.58 Å². The number of benzene rings is 1. The lowest BCUT2D eigenvalue weighted by Gasteiger charge is -2.40. The van der Waals surface area contributed by atoms with Crippen LogP contribution in [0.15, 0.2) is 35.7 Å². The van der Waals surface area contributed by atoms with Crippen molar-refractivity contribution in [3.05, 3.63) is 40.9 Å². The molecule has 25 heavy (non-hydrogen) atoms. The number of carbonyl (C=O) groups excluding carboxylic acids is 1. The molecule has 136 valence electrons. The van der Waals surface area contributed by atoms with E-state index in [1.165, 1.54) is 22.5 Å². The number of sulfonamides is 1. The first-order valence-electron chi connectivity index (χ1n) is 8.13. The second-order valence-corrected chi connectivity index (χ2v) is 9.29. The molecule has 0 N–H and O–H groups in total. The predicted octanol–water partition coefficient (Wildman–Crippen LogP) is 3.18. The third kappa shape index (κ3) is 3.33. The molecule has 2 bridgehead atoms. The molecular weight excluding hydrogens is 383 g/mol. The molecule has 0 aliphatic carbocycles. The minimum atomic E-state index is -3.92. The van der Waals surface area contributed by atoms with E-state index in [1.807, 2.05) is 0 Å². The van der Waals surface area contributed by atoms with Gasteiger partial charge < -0.3 is 4.90 Å². The molecule has 2 aliphatic rings. The lowest BCUT2D eigenvalue weighted by molar-refractivity contribution is -0.133. The second-order valence-electron chi connectivity index (χ2n) is 6.57. The van der Waals surface area contributed by atoms with Crippen LogP contribution in [0.4, 0.5) is 0 Å². The van der Waals surface area contributed by atoms with Gasteiger partial charge in [0, 0.05) is 35.6 Å². The van der Waals surface area contributed by atoms with Crippen molar-refractivity contribution in [2.45, 2.75) is 36.2 Å². The van der Waals surface area contributed by atoms with E-state index in [0.29, 0.717) is 19.4 Å². The van der Waals surface area contributed by atoms with Crippen molar-refractivity contribution in [1.82, 2.24) is 9.21 Å². The Kier molecular flexibility index (Phi) is 5.17. The number of hydrogen-bond acceptors (Lipinski definition) is 3. The Morgan fingerprint density at radius 2 is 1.84 bits per heavy atom. The van der Waals surface area contributed by atoms with E-state index < -0.39 is 16.1 Å². The van der Waals surface area contributed by atoms with Crippen molar-refractivity contribution in [1.29, 1.82) is 0 Å². The van der Waals surface area contributed by atoms with E-state index in [4.69, 9.17) is 23.2 Å². The number of likely N-dealkylation sites (N-methyl/N-ethyl adjacent to an activating group) is 1. The van der Waals surface area contributed by atoms with Gasteiger partial charge >= 0.3 is 0 Å². The van der Waals surface area contributed by atoms with E-state index in [9.17, 15) is 13.2 Å². The molecule has 8 heteroatoms. The van der Waals surface area contributed by atoms with Gasteiger partial charge in [0.05, 0.1) is 4.90 Å². The summed E-state index contributed by atoms with van der Waals surface area (Å²) in [4.78, 5) is 14.4. The highest BCUT2D eigenvalue weighted by Gasteiger charge is 2.48. The zero-order valence-corrected chi connectivity index (χ0v) is 16.2. The van der Waals surface area contributed by atoms with E-state index in [1.54, 1.807) is 18.0 Å². The topological polar surface area (TPSA) is 57.7 Å². The van der Waals surface area contributed by atoms with Crippen molar-refractivity contribution >= 4 is 39.1 Å². The summed E-state index contributed by atoms with van der Waals surface area (Å²) in [6.45, 7) is 4.31. The quantitative estimate of drug-likeness (QED) is 0.729. The van der Waals surface area contributed by atoms with Crippen molar-refractivity contribution in [2.75, 3.05) is 13.6 Å². The Bertz CT molecular complexity index is 792. The second kappa shape index (κ2) is 6.91. The molecule has 2 fully saturated rings. The van der Waals surface area contributed by atoms with Gasteiger partial charge in [-0.3, -0.25) is 4.79 Å². The van der Waals surface area contributed by atoms with Gasteiger partial charge in [-0.25, -0.2) is 8.42 Å². The standard InChI is InChI=1S/C17H20Cl2N2O3S/c1-3-11-10-20(2)17(22)16-6-4-5-15(11)21(16)25(23,24)14-8-12(18)7-13(19)9-14/h3,7-9,11,15-16H,1,4-6,10H2,2H3/t11-,15+,16-/m0/s1. The Morgan fingerprint density at radius 3 is 2.44 bits per heavy atom. The van der Waals surface area contributed by atoms with Crippen LogP contribution in [0.2, 0.25) is 10.0 Å². The summed E-state index contributed by atoms with van der Waals surface area (Å²) in [5, 5.41) is 0.490. The van der Waals surface area contributed by atoms with Crippen LogP contribution in [-0.4, -0.2) is 49.2 Å². The van der Waals surface area contributed by atoms with Gasteiger partial charge in [0.1, 0.15) is 6.04 Å². The van der Waals surface area contributed by atoms with Gasteiger partial charge in [-0.05, 0) is 37.5 Å². The summed E-state index contributed by atoms with van der Waals surface area (Å²) in [5.74, 6) is -0.297. The maximum Gasteiger partial charge on any atom is 0.244 e. The van der Waals surface area contributed by atoms with Crippen LogP contribution in [-0.2, 0) is 14.8 Å². The van der Waals surface area contributed by atoms with Crippen LogP contribution in [0.25, 0.3) is 0 Å². The summed E-state index contributed by atoms with van der Waals surface area (Å²) in [6, 6.07) is 3.24. The van der Waals surface area contributed by atoms with Gasteiger partial charge in [-0.1, -0.05) is 29.3 Å². The molecule has 0 unspecified atom stereocenters. The number of hydrogen-bond donors (Lipinski definition) is 0. The number of nitrogens with zero attached hydrogens (tertiary/aromatic N) is 2. The fourth-order valence-electron chi connectivity index (χ4n) is 3.80. The molecule has 0 aromatic heterocycles. The Morgan fingerprint density at radius 1 is 1.20 bits per heavy atom. The molecule has 0 spiro atoms. The third-order valence-corrected chi connectivity index (χ3v) is 7.31.